The third-order valence-electron chi connectivity index (χ3n) is 3.25. The highest BCUT2D eigenvalue weighted by Gasteiger charge is 2.22. The highest BCUT2D eigenvalue weighted by Crippen LogP contribution is 2.34. The molecule has 94 valence electrons. The van der Waals surface area contributed by atoms with Crippen LogP contribution < -0.4 is 0 Å². The van der Waals surface area contributed by atoms with Gasteiger partial charge in [0.25, 0.3) is 0 Å². The van der Waals surface area contributed by atoms with Gasteiger partial charge in [-0.05, 0) is 11.8 Å². The van der Waals surface area contributed by atoms with Gasteiger partial charge in [-0.15, -0.1) is 0 Å². The average molecular weight is 214 g/mol. The summed E-state index contributed by atoms with van der Waals surface area (Å²) in [6, 6.07) is 0. The Kier molecular flexibility index (Phi) is 16.2. The van der Waals surface area contributed by atoms with Crippen LogP contribution in [0.4, 0.5) is 0 Å². The SMILES string of the molecule is CC.CC.CCCC1CCCCC1CC. The molecule has 15 heavy (non-hydrogen) atoms. The summed E-state index contributed by atoms with van der Waals surface area (Å²) in [5.41, 5.74) is 0. The molecule has 0 nitrogen and oxygen atoms in total. The Morgan fingerprint density at radius 1 is 0.800 bits per heavy atom. The van der Waals surface area contributed by atoms with Crippen molar-refractivity contribution in [3.05, 3.63) is 0 Å². The minimum atomic E-state index is 1.07. The van der Waals surface area contributed by atoms with Crippen LogP contribution in [0.1, 0.15) is 86.5 Å². The van der Waals surface area contributed by atoms with Crippen molar-refractivity contribution in [2.24, 2.45) is 11.8 Å². The van der Waals surface area contributed by atoms with Gasteiger partial charge in [-0.3, -0.25) is 0 Å². The lowest BCUT2D eigenvalue weighted by molar-refractivity contribution is 0.216. The van der Waals surface area contributed by atoms with Crippen LogP contribution >= 0.6 is 0 Å². The largest absolute Gasteiger partial charge is 0.0683 e. The molecule has 0 spiro atoms. The van der Waals surface area contributed by atoms with Crippen molar-refractivity contribution >= 4 is 0 Å². The zero-order valence-electron chi connectivity index (χ0n) is 12.1. The molecular weight excluding hydrogens is 180 g/mol. The molecule has 0 bridgehead atoms. The Hall–Kier alpha value is 0. The van der Waals surface area contributed by atoms with Gasteiger partial charge in [-0.1, -0.05) is 86.5 Å². The van der Waals surface area contributed by atoms with Gasteiger partial charge in [0, 0.05) is 0 Å². The molecule has 1 fully saturated rings. The summed E-state index contributed by atoms with van der Waals surface area (Å²) >= 11 is 0. The van der Waals surface area contributed by atoms with E-state index < -0.39 is 0 Å². The quantitative estimate of drug-likeness (QED) is 0.536. The minimum absolute atomic E-state index is 1.07. The summed E-state index contributed by atoms with van der Waals surface area (Å²) in [6.07, 6.45) is 10.3. The first kappa shape index (κ1) is 17.4. The summed E-state index contributed by atoms with van der Waals surface area (Å²) < 4.78 is 0. The van der Waals surface area contributed by atoms with Gasteiger partial charge < -0.3 is 0 Å². The molecule has 0 heterocycles. The van der Waals surface area contributed by atoms with Gasteiger partial charge in [-0.25, -0.2) is 0 Å². The van der Waals surface area contributed by atoms with Crippen LogP contribution in [-0.4, -0.2) is 0 Å². The lowest BCUT2D eigenvalue weighted by atomic mass is 9.76. The molecule has 0 heteroatoms. The summed E-state index contributed by atoms with van der Waals surface area (Å²) in [6.45, 7) is 12.7. The molecule has 2 unspecified atom stereocenters. The van der Waals surface area contributed by atoms with E-state index in [9.17, 15) is 0 Å². The highest BCUT2D eigenvalue weighted by atomic mass is 14.3. The van der Waals surface area contributed by atoms with Gasteiger partial charge in [0.15, 0.2) is 0 Å². The van der Waals surface area contributed by atoms with E-state index in [1.54, 1.807) is 0 Å². The highest BCUT2D eigenvalue weighted by molar-refractivity contribution is 4.73. The van der Waals surface area contributed by atoms with Crippen LogP contribution in [0.3, 0.4) is 0 Å². The van der Waals surface area contributed by atoms with E-state index in [-0.39, 0.29) is 0 Å². The van der Waals surface area contributed by atoms with E-state index in [1.165, 1.54) is 44.9 Å². The molecule has 1 aliphatic carbocycles. The first-order chi connectivity index (χ1) is 7.38. The smallest absolute Gasteiger partial charge is 0.0386 e. The number of hydrogen-bond donors (Lipinski definition) is 0. The van der Waals surface area contributed by atoms with Gasteiger partial charge >= 0.3 is 0 Å². The van der Waals surface area contributed by atoms with E-state index >= 15 is 0 Å². The van der Waals surface area contributed by atoms with E-state index in [0.29, 0.717) is 0 Å². The molecule has 0 aromatic rings. The Morgan fingerprint density at radius 2 is 1.27 bits per heavy atom. The minimum Gasteiger partial charge on any atom is -0.0683 e. The van der Waals surface area contributed by atoms with Gasteiger partial charge in [-0.2, -0.15) is 0 Å². The van der Waals surface area contributed by atoms with Crippen LogP contribution in [0.25, 0.3) is 0 Å². The first-order valence-corrected chi connectivity index (χ1v) is 7.38. The Labute approximate surface area is 98.9 Å². The predicted octanol–water partition coefficient (Wildman–Crippen LogP) is 6.06. The second-order valence-electron chi connectivity index (χ2n) is 4.00. The maximum atomic E-state index is 2.36. The first-order valence-electron chi connectivity index (χ1n) is 7.38. The molecule has 0 amide bonds. The molecule has 2 atom stereocenters. The maximum absolute atomic E-state index is 2.36. The molecule has 1 aliphatic rings. The second kappa shape index (κ2) is 14.0. The summed E-state index contributed by atoms with van der Waals surface area (Å²) in [5.74, 6) is 2.16. The molecule has 0 saturated heterocycles. The van der Waals surface area contributed by atoms with Crippen molar-refractivity contribution in [1.29, 1.82) is 0 Å². The van der Waals surface area contributed by atoms with E-state index in [4.69, 9.17) is 0 Å². The third-order valence-corrected chi connectivity index (χ3v) is 3.25. The van der Waals surface area contributed by atoms with Crippen molar-refractivity contribution in [3.63, 3.8) is 0 Å². The molecule has 0 N–H and O–H groups in total. The van der Waals surface area contributed by atoms with E-state index in [0.717, 1.165) is 11.8 Å². The van der Waals surface area contributed by atoms with Crippen LogP contribution in [0.2, 0.25) is 0 Å². The molecule has 0 radical (unpaired) electrons. The van der Waals surface area contributed by atoms with Crippen LogP contribution in [0, 0.1) is 11.8 Å². The fraction of sp³-hybridized carbons (Fsp3) is 1.00. The number of rotatable bonds is 3. The zero-order valence-corrected chi connectivity index (χ0v) is 12.1. The van der Waals surface area contributed by atoms with Crippen molar-refractivity contribution in [3.8, 4) is 0 Å². The molecular formula is C15H34. The molecule has 1 rings (SSSR count). The Bertz CT molecular complexity index is 94.2. The third kappa shape index (κ3) is 7.88. The normalized spacial score (nSPS) is 24.4. The number of hydrogen-bond acceptors (Lipinski definition) is 0. The van der Waals surface area contributed by atoms with E-state index in [2.05, 4.69) is 13.8 Å². The Balaban J connectivity index is 0. The fourth-order valence-corrected chi connectivity index (χ4v) is 2.57. The zero-order chi connectivity index (χ0) is 12.1. The standard InChI is InChI=1S/C11H22.2C2H6/c1-3-7-11-9-6-5-8-10(11)4-2;2*1-2/h10-11H,3-9H2,1-2H3;2*1-2H3. The fourth-order valence-electron chi connectivity index (χ4n) is 2.57. The van der Waals surface area contributed by atoms with Gasteiger partial charge in [0.2, 0.25) is 0 Å². The lowest BCUT2D eigenvalue weighted by Crippen LogP contribution is -2.18. The molecule has 1 saturated carbocycles. The second-order valence-corrected chi connectivity index (χ2v) is 4.00. The maximum Gasteiger partial charge on any atom is -0.0386 e. The van der Waals surface area contributed by atoms with Gasteiger partial charge in [0.1, 0.15) is 0 Å². The van der Waals surface area contributed by atoms with Crippen molar-refractivity contribution in [2.45, 2.75) is 86.5 Å². The molecule has 0 aliphatic heterocycles. The topological polar surface area (TPSA) is 0 Å². The predicted molar refractivity (Wildman–Crippen MR) is 73.3 cm³/mol. The molecule has 0 aromatic carbocycles. The van der Waals surface area contributed by atoms with Crippen molar-refractivity contribution in [2.75, 3.05) is 0 Å². The average Bonchev–Trinajstić information content (AvgIpc) is 2.35. The van der Waals surface area contributed by atoms with Gasteiger partial charge in [0.05, 0.1) is 0 Å². The van der Waals surface area contributed by atoms with E-state index in [1.807, 2.05) is 27.7 Å². The Morgan fingerprint density at radius 3 is 1.67 bits per heavy atom. The van der Waals surface area contributed by atoms with Crippen LogP contribution in [0.5, 0.6) is 0 Å². The summed E-state index contributed by atoms with van der Waals surface area (Å²) in [4.78, 5) is 0. The molecule has 0 aromatic heterocycles. The van der Waals surface area contributed by atoms with Crippen molar-refractivity contribution in [1.82, 2.24) is 0 Å². The van der Waals surface area contributed by atoms with Crippen molar-refractivity contribution < 1.29 is 0 Å². The lowest BCUT2D eigenvalue weighted by Gasteiger charge is -2.30. The summed E-state index contributed by atoms with van der Waals surface area (Å²) in [5, 5.41) is 0. The summed E-state index contributed by atoms with van der Waals surface area (Å²) in [7, 11) is 0. The van der Waals surface area contributed by atoms with Crippen LogP contribution in [0.15, 0.2) is 0 Å². The monoisotopic (exact) mass is 214 g/mol. The van der Waals surface area contributed by atoms with Crippen LogP contribution in [-0.2, 0) is 0 Å².